The van der Waals surface area contributed by atoms with Crippen molar-refractivity contribution < 1.29 is 4.79 Å². The van der Waals surface area contributed by atoms with Gasteiger partial charge in [-0.25, -0.2) is 0 Å². The first-order valence-electron chi connectivity index (χ1n) is 8.03. The highest BCUT2D eigenvalue weighted by atomic mass is 16.2. The van der Waals surface area contributed by atoms with Gasteiger partial charge in [-0.1, -0.05) is 43.7 Å². The van der Waals surface area contributed by atoms with E-state index < -0.39 is 0 Å². The Bertz CT molecular complexity index is 604. The van der Waals surface area contributed by atoms with E-state index in [1.54, 1.807) is 6.20 Å². The van der Waals surface area contributed by atoms with Crippen LogP contribution in [-0.4, -0.2) is 33.7 Å². The average Bonchev–Trinajstić information content (AvgIpc) is 2.90. The SMILES string of the molecule is CCCCN(CC)C(=O)c1cnn(Cc2ccccc2)c1C. The first kappa shape index (κ1) is 16.3. The van der Waals surface area contributed by atoms with E-state index in [0.29, 0.717) is 12.1 Å². The van der Waals surface area contributed by atoms with Crippen LogP contribution in [0.15, 0.2) is 36.5 Å². The van der Waals surface area contributed by atoms with Crippen molar-refractivity contribution in [1.29, 1.82) is 0 Å². The zero-order valence-corrected chi connectivity index (χ0v) is 13.7. The molecule has 0 bridgehead atoms. The topological polar surface area (TPSA) is 38.1 Å². The highest BCUT2D eigenvalue weighted by molar-refractivity contribution is 5.95. The van der Waals surface area contributed by atoms with Crippen molar-refractivity contribution in [3.05, 3.63) is 53.3 Å². The second-order valence-corrected chi connectivity index (χ2v) is 5.53. The molecule has 2 aromatic rings. The van der Waals surface area contributed by atoms with E-state index in [0.717, 1.165) is 31.6 Å². The minimum absolute atomic E-state index is 0.0905. The van der Waals surface area contributed by atoms with Gasteiger partial charge in [0.2, 0.25) is 0 Å². The van der Waals surface area contributed by atoms with E-state index in [1.807, 2.05) is 41.6 Å². The second-order valence-electron chi connectivity index (χ2n) is 5.53. The Morgan fingerprint density at radius 3 is 2.59 bits per heavy atom. The zero-order chi connectivity index (χ0) is 15.9. The van der Waals surface area contributed by atoms with E-state index in [4.69, 9.17) is 0 Å². The zero-order valence-electron chi connectivity index (χ0n) is 13.7. The van der Waals surface area contributed by atoms with Crippen molar-refractivity contribution in [2.75, 3.05) is 13.1 Å². The summed E-state index contributed by atoms with van der Waals surface area (Å²) in [5, 5.41) is 4.40. The largest absolute Gasteiger partial charge is 0.339 e. The number of amides is 1. The summed E-state index contributed by atoms with van der Waals surface area (Å²) in [6, 6.07) is 10.2. The molecule has 1 amide bonds. The van der Waals surface area contributed by atoms with Gasteiger partial charge in [0.25, 0.3) is 5.91 Å². The van der Waals surface area contributed by atoms with Crippen molar-refractivity contribution in [1.82, 2.24) is 14.7 Å². The molecule has 0 aliphatic rings. The molecule has 0 atom stereocenters. The maximum atomic E-state index is 12.6. The number of benzene rings is 1. The molecule has 0 spiro atoms. The summed E-state index contributed by atoms with van der Waals surface area (Å²) < 4.78 is 1.90. The van der Waals surface area contributed by atoms with Gasteiger partial charge < -0.3 is 4.90 Å². The number of nitrogens with zero attached hydrogens (tertiary/aromatic N) is 3. The minimum atomic E-state index is 0.0905. The molecule has 0 saturated carbocycles. The van der Waals surface area contributed by atoms with Crippen molar-refractivity contribution in [2.24, 2.45) is 0 Å². The molecule has 1 aromatic carbocycles. The fourth-order valence-corrected chi connectivity index (χ4v) is 2.49. The van der Waals surface area contributed by atoms with Crippen LogP contribution in [0.1, 0.15) is 48.3 Å². The summed E-state index contributed by atoms with van der Waals surface area (Å²) in [4.78, 5) is 14.5. The molecule has 0 saturated heterocycles. The Balaban J connectivity index is 2.14. The Morgan fingerprint density at radius 1 is 1.23 bits per heavy atom. The maximum Gasteiger partial charge on any atom is 0.257 e. The van der Waals surface area contributed by atoms with Crippen LogP contribution in [0.4, 0.5) is 0 Å². The second kappa shape index (κ2) is 7.78. The van der Waals surface area contributed by atoms with Crippen molar-refractivity contribution >= 4 is 5.91 Å². The summed E-state index contributed by atoms with van der Waals surface area (Å²) in [6.45, 7) is 8.38. The van der Waals surface area contributed by atoms with Gasteiger partial charge in [0.1, 0.15) is 0 Å². The van der Waals surface area contributed by atoms with E-state index in [1.165, 1.54) is 5.56 Å². The highest BCUT2D eigenvalue weighted by Crippen LogP contribution is 2.13. The van der Waals surface area contributed by atoms with Crippen molar-refractivity contribution in [3.8, 4) is 0 Å². The predicted octanol–water partition coefficient (Wildman–Crippen LogP) is 3.50. The number of aromatic nitrogens is 2. The number of carbonyl (C=O) groups is 1. The average molecular weight is 299 g/mol. The minimum Gasteiger partial charge on any atom is -0.339 e. The van der Waals surface area contributed by atoms with Crippen LogP contribution in [0.3, 0.4) is 0 Å². The molecular formula is C18H25N3O. The van der Waals surface area contributed by atoms with E-state index in [9.17, 15) is 4.79 Å². The van der Waals surface area contributed by atoms with Gasteiger partial charge in [-0.2, -0.15) is 5.10 Å². The van der Waals surface area contributed by atoms with Gasteiger partial charge in [0.05, 0.1) is 18.3 Å². The lowest BCUT2D eigenvalue weighted by atomic mass is 10.2. The molecule has 0 radical (unpaired) electrons. The van der Waals surface area contributed by atoms with E-state index in [-0.39, 0.29) is 5.91 Å². The first-order chi connectivity index (χ1) is 10.7. The molecule has 0 fully saturated rings. The lowest BCUT2D eigenvalue weighted by Gasteiger charge is -2.20. The van der Waals surface area contributed by atoms with Crippen LogP contribution in [-0.2, 0) is 6.54 Å². The van der Waals surface area contributed by atoms with Crippen molar-refractivity contribution in [3.63, 3.8) is 0 Å². The van der Waals surface area contributed by atoms with Gasteiger partial charge in [0.15, 0.2) is 0 Å². The monoisotopic (exact) mass is 299 g/mol. The van der Waals surface area contributed by atoms with E-state index >= 15 is 0 Å². The maximum absolute atomic E-state index is 12.6. The van der Waals surface area contributed by atoms with Gasteiger partial charge in [0, 0.05) is 18.8 Å². The molecule has 118 valence electrons. The third kappa shape index (κ3) is 3.75. The fraction of sp³-hybridized carbons (Fsp3) is 0.444. The summed E-state index contributed by atoms with van der Waals surface area (Å²) >= 11 is 0. The van der Waals surface area contributed by atoms with Crippen LogP contribution in [0.2, 0.25) is 0 Å². The van der Waals surface area contributed by atoms with Gasteiger partial charge in [-0.15, -0.1) is 0 Å². The molecule has 22 heavy (non-hydrogen) atoms. The normalized spacial score (nSPS) is 10.7. The summed E-state index contributed by atoms with van der Waals surface area (Å²) in [7, 11) is 0. The smallest absolute Gasteiger partial charge is 0.257 e. The van der Waals surface area contributed by atoms with Crippen LogP contribution < -0.4 is 0 Å². The summed E-state index contributed by atoms with van der Waals surface area (Å²) in [6.07, 6.45) is 3.84. The Labute approximate surface area is 132 Å². The van der Waals surface area contributed by atoms with E-state index in [2.05, 4.69) is 24.2 Å². The van der Waals surface area contributed by atoms with Gasteiger partial charge in [-0.3, -0.25) is 9.48 Å². The Morgan fingerprint density at radius 2 is 1.95 bits per heavy atom. The van der Waals surface area contributed by atoms with Crippen LogP contribution in [0.5, 0.6) is 0 Å². The summed E-state index contributed by atoms with van der Waals surface area (Å²) in [5.74, 6) is 0.0905. The van der Waals surface area contributed by atoms with Gasteiger partial charge in [-0.05, 0) is 25.8 Å². The molecule has 0 aliphatic heterocycles. The predicted molar refractivity (Wildman–Crippen MR) is 89.0 cm³/mol. The standard InChI is InChI=1S/C18H25N3O/c1-4-6-12-20(5-2)18(22)17-13-19-21(15(17)3)14-16-10-8-7-9-11-16/h7-11,13H,4-6,12,14H2,1-3H3. The van der Waals surface area contributed by atoms with Gasteiger partial charge >= 0.3 is 0 Å². The molecular weight excluding hydrogens is 274 g/mol. The number of rotatable bonds is 7. The van der Waals surface area contributed by atoms with Crippen LogP contribution in [0.25, 0.3) is 0 Å². The Kier molecular flexibility index (Phi) is 5.75. The number of hydrogen-bond donors (Lipinski definition) is 0. The lowest BCUT2D eigenvalue weighted by molar-refractivity contribution is 0.0761. The third-order valence-corrected chi connectivity index (χ3v) is 3.96. The molecule has 0 aliphatic carbocycles. The molecule has 0 unspecified atom stereocenters. The number of hydrogen-bond acceptors (Lipinski definition) is 2. The third-order valence-electron chi connectivity index (χ3n) is 3.96. The molecule has 4 heteroatoms. The lowest BCUT2D eigenvalue weighted by Crippen LogP contribution is -2.32. The molecule has 1 aromatic heterocycles. The summed E-state index contributed by atoms with van der Waals surface area (Å²) in [5.41, 5.74) is 2.84. The van der Waals surface area contributed by atoms with Crippen molar-refractivity contribution in [2.45, 2.75) is 40.2 Å². The number of unbranched alkanes of at least 4 members (excludes halogenated alkanes) is 1. The number of carbonyl (C=O) groups excluding carboxylic acids is 1. The van der Waals surface area contributed by atoms with Crippen LogP contribution in [0, 0.1) is 6.92 Å². The highest BCUT2D eigenvalue weighted by Gasteiger charge is 2.19. The molecule has 2 rings (SSSR count). The fourth-order valence-electron chi connectivity index (χ4n) is 2.49. The molecule has 1 heterocycles. The first-order valence-corrected chi connectivity index (χ1v) is 8.03. The molecule has 0 N–H and O–H groups in total. The molecule has 4 nitrogen and oxygen atoms in total. The quantitative estimate of drug-likeness (QED) is 0.785. The van der Waals surface area contributed by atoms with Crippen LogP contribution >= 0.6 is 0 Å². The Hall–Kier alpha value is -2.10.